The molecule has 3 rings (SSSR count). The van der Waals surface area contributed by atoms with Crippen LogP contribution < -0.4 is 0 Å². The summed E-state index contributed by atoms with van der Waals surface area (Å²) in [6.07, 6.45) is 0.549. The zero-order valence-corrected chi connectivity index (χ0v) is 14.1. The van der Waals surface area contributed by atoms with Gasteiger partial charge in [-0.25, -0.2) is 0 Å². The van der Waals surface area contributed by atoms with E-state index in [4.69, 9.17) is 0 Å². The van der Waals surface area contributed by atoms with Crippen molar-refractivity contribution in [3.8, 4) is 0 Å². The van der Waals surface area contributed by atoms with Crippen LogP contribution in [0, 0.1) is 5.41 Å². The van der Waals surface area contributed by atoms with Crippen molar-refractivity contribution in [1.29, 1.82) is 0 Å². The first kappa shape index (κ1) is 15.5. The molecule has 1 atom stereocenters. The summed E-state index contributed by atoms with van der Waals surface area (Å²) < 4.78 is 0. The third-order valence-corrected chi connectivity index (χ3v) is 5.46. The number of rotatable bonds is 2. The lowest BCUT2D eigenvalue weighted by atomic mass is 9.86. The van der Waals surface area contributed by atoms with Crippen molar-refractivity contribution in [1.82, 2.24) is 14.7 Å². The number of hydrogen-bond donors (Lipinski definition) is 0. The fourth-order valence-corrected chi connectivity index (χ4v) is 4.37. The molecule has 0 radical (unpaired) electrons. The zero-order valence-electron chi connectivity index (χ0n) is 13.2. The molecule has 0 unspecified atom stereocenters. The van der Waals surface area contributed by atoms with Gasteiger partial charge in [-0.05, 0) is 22.4 Å². The fourth-order valence-electron chi connectivity index (χ4n) is 3.71. The number of thiophene rings is 1. The molecule has 22 heavy (non-hydrogen) atoms. The van der Waals surface area contributed by atoms with Gasteiger partial charge in [-0.15, -0.1) is 0 Å². The number of hydrogen-bond acceptors (Lipinski definition) is 4. The molecule has 2 aliphatic rings. The Hall–Kier alpha value is -1.40. The van der Waals surface area contributed by atoms with Crippen LogP contribution in [0.2, 0.25) is 0 Å². The van der Waals surface area contributed by atoms with E-state index in [0.29, 0.717) is 13.0 Å². The van der Waals surface area contributed by atoms with Crippen LogP contribution in [0.15, 0.2) is 16.8 Å². The van der Waals surface area contributed by atoms with E-state index in [1.807, 2.05) is 16.8 Å². The van der Waals surface area contributed by atoms with Gasteiger partial charge in [0.2, 0.25) is 11.8 Å². The van der Waals surface area contributed by atoms with E-state index < -0.39 is 0 Å². The first-order valence-electron chi connectivity index (χ1n) is 7.70. The van der Waals surface area contributed by atoms with E-state index in [1.54, 1.807) is 18.3 Å². The van der Waals surface area contributed by atoms with E-state index in [9.17, 15) is 9.59 Å². The van der Waals surface area contributed by atoms with E-state index in [0.717, 1.165) is 32.7 Å². The van der Waals surface area contributed by atoms with Crippen LogP contribution in [0.4, 0.5) is 0 Å². The second kappa shape index (κ2) is 6.01. The van der Waals surface area contributed by atoms with Crippen LogP contribution in [-0.2, 0) is 16.1 Å². The summed E-state index contributed by atoms with van der Waals surface area (Å²) in [6.45, 7) is 6.46. The summed E-state index contributed by atoms with van der Waals surface area (Å²) in [5, 5.41) is 4.27. The average molecular weight is 321 g/mol. The molecule has 6 heteroatoms. The highest BCUT2D eigenvalue weighted by atomic mass is 32.1. The van der Waals surface area contributed by atoms with Gasteiger partial charge in [0.05, 0.1) is 0 Å². The van der Waals surface area contributed by atoms with Gasteiger partial charge in [0.15, 0.2) is 0 Å². The highest BCUT2D eigenvalue weighted by Crippen LogP contribution is 2.34. The van der Waals surface area contributed by atoms with Crippen LogP contribution in [-0.4, -0.2) is 66.3 Å². The van der Waals surface area contributed by atoms with Crippen molar-refractivity contribution >= 4 is 23.2 Å². The van der Waals surface area contributed by atoms with Crippen LogP contribution in [0.25, 0.3) is 0 Å². The molecule has 1 spiro atoms. The molecule has 0 saturated carbocycles. The molecule has 3 heterocycles. The maximum Gasteiger partial charge on any atom is 0.223 e. The summed E-state index contributed by atoms with van der Waals surface area (Å²) in [5.41, 5.74) is 1.19. The molecule has 2 aliphatic heterocycles. The first-order chi connectivity index (χ1) is 10.5. The minimum absolute atomic E-state index is 0.110. The van der Waals surface area contributed by atoms with Gasteiger partial charge >= 0.3 is 0 Å². The molecule has 2 saturated heterocycles. The molecule has 0 N–H and O–H groups in total. The Morgan fingerprint density at radius 2 is 2.14 bits per heavy atom. The van der Waals surface area contributed by atoms with Crippen molar-refractivity contribution in [2.45, 2.75) is 19.9 Å². The standard InChI is InChI=1S/C16H23N3O2S/c1-13(20)19-5-4-18(8-14-3-6-22-9-14)11-16(12-19)7-15(21)17(2)10-16/h3,6,9H,4-5,7-8,10-12H2,1-2H3/t16-/m0/s1. The van der Waals surface area contributed by atoms with Gasteiger partial charge in [0.1, 0.15) is 0 Å². The number of carbonyl (C=O) groups excluding carboxylic acids is 2. The molecule has 1 aromatic rings. The number of carbonyl (C=O) groups is 2. The van der Waals surface area contributed by atoms with E-state index in [1.165, 1.54) is 5.56 Å². The van der Waals surface area contributed by atoms with E-state index in [2.05, 4.69) is 21.7 Å². The SMILES string of the molecule is CC(=O)N1CCN(Cc2ccsc2)C[C@@]2(CC(=O)N(C)C2)C1. The number of likely N-dealkylation sites (tertiary alicyclic amines) is 1. The predicted molar refractivity (Wildman–Crippen MR) is 86.5 cm³/mol. The van der Waals surface area contributed by atoms with Gasteiger partial charge in [0, 0.05) is 65.1 Å². The molecular formula is C16H23N3O2S. The fraction of sp³-hybridized carbons (Fsp3) is 0.625. The largest absolute Gasteiger partial charge is 0.345 e. The third kappa shape index (κ3) is 3.17. The minimum atomic E-state index is -0.121. The lowest BCUT2D eigenvalue weighted by Gasteiger charge is -2.33. The molecule has 2 fully saturated rings. The van der Waals surface area contributed by atoms with E-state index >= 15 is 0 Å². The summed E-state index contributed by atoms with van der Waals surface area (Å²) in [5.74, 6) is 0.305. The smallest absolute Gasteiger partial charge is 0.223 e. The van der Waals surface area contributed by atoms with Crippen molar-refractivity contribution < 1.29 is 9.59 Å². The van der Waals surface area contributed by atoms with Gasteiger partial charge in [-0.1, -0.05) is 0 Å². The summed E-state index contributed by atoms with van der Waals surface area (Å²) >= 11 is 1.71. The van der Waals surface area contributed by atoms with Crippen LogP contribution in [0.5, 0.6) is 0 Å². The van der Waals surface area contributed by atoms with Crippen LogP contribution >= 0.6 is 11.3 Å². The highest BCUT2D eigenvalue weighted by molar-refractivity contribution is 7.07. The molecule has 1 aromatic heterocycles. The maximum atomic E-state index is 12.1. The van der Waals surface area contributed by atoms with Crippen LogP contribution in [0.1, 0.15) is 18.9 Å². The summed E-state index contributed by atoms with van der Waals surface area (Å²) in [7, 11) is 1.86. The summed E-state index contributed by atoms with van der Waals surface area (Å²) in [6, 6.07) is 2.15. The first-order valence-corrected chi connectivity index (χ1v) is 8.65. The lowest BCUT2D eigenvalue weighted by Crippen LogP contribution is -2.43. The Balaban J connectivity index is 1.80. The van der Waals surface area contributed by atoms with Gasteiger partial charge < -0.3 is 9.80 Å². The van der Waals surface area contributed by atoms with Crippen molar-refractivity contribution in [2.75, 3.05) is 39.8 Å². The van der Waals surface area contributed by atoms with E-state index in [-0.39, 0.29) is 17.2 Å². The van der Waals surface area contributed by atoms with Crippen molar-refractivity contribution in [2.24, 2.45) is 5.41 Å². The Morgan fingerprint density at radius 1 is 1.32 bits per heavy atom. The minimum Gasteiger partial charge on any atom is -0.345 e. The highest BCUT2D eigenvalue weighted by Gasteiger charge is 2.45. The maximum absolute atomic E-state index is 12.1. The summed E-state index contributed by atoms with van der Waals surface area (Å²) in [4.78, 5) is 30.1. The lowest BCUT2D eigenvalue weighted by molar-refractivity contribution is -0.130. The molecule has 0 bridgehead atoms. The van der Waals surface area contributed by atoms with Gasteiger partial charge in [-0.3, -0.25) is 14.5 Å². The molecule has 2 amide bonds. The molecule has 0 aromatic carbocycles. The Labute approximate surface area is 135 Å². The van der Waals surface area contributed by atoms with Crippen molar-refractivity contribution in [3.05, 3.63) is 22.4 Å². The molecule has 0 aliphatic carbocycles. The van der Waals surface area contributed by atoms with Crippen molar-refractivity contribution in [3.63, 3.8) is 0 Å². The topological polar surface area (TPSA) is 43.9 Å². The predicted octanol–water partition coefficient (Wildman–Crippen LogP) is 1.26. The normalized spacial score (nSPS) is 26.7. The Bertz CT molecular complexity index is 560. The second-order valence-electron chi connectivity index (χ2n) is 6.71. The third-order valence-electron chi connectivity index (χ3n) is 4.73. The monoisotopic (exact) mass is 321 g/mol. The average Bonchev–Trinajstić information content (AvgIpc) is 2.98. The Morgan fingerprint density at radius 3 is 2.73 bits per heavy atom. The van der Waals surface area contributed by atoms with Crippen LogP contribution in [0.3, 0.4) is 0 Å². The molecule has 5 nitrogen and oxygen atoms in total. The second-order valence-corrected chi connectivity index (χ2v) is 7.49. The number of amides is 2. The Kier molecular flexibility index (Phi) is 4.23. The molecule has 120 valence electrons. The molecular weight excluding hydrogens is 298 g/mol. The zero-order chi connectivity index (χ0) is 15.7. The van der Waals surface area contributed by atoms with Gasteiger partial charge in [0.25, 0.3) is 0 Å². The number of nitrogens with zero attached hydrogens (tertiary/aromatic N) is 3. The van der Waals surface area contributed by atoms with Gasteiger partial charge in [-0.2, -0.15) is 11.3 Å². The quantitative estimate of drug-likeness (QED) is 0.824.